The molecule has 1 aromatic carbocycles. The first kappa shape index (κ1) is 13.6. The lowest BCUT2D eigenvalue weighted by atomic mass is 9.85. The van der Waals surface area contributed by atoms with Crippen LogP contribution in [0.25, 0.3) is 0 Å². The van der Waals surface area contributed by atoms with E-state index >= 15 is 0 Å². The fourth-order valence-electron chi connectivity index (χ4n) is 2.60. The van der Waals surface area contributed by atoms with Gasteiger partial charge in [0.25, 0.3) is 0 Å². The molecule has 0 aliphatic carbocycles. The smallest absolute Gasteiger partial charge is 0.0244 e. The van der Waals surface area contributed by atoms with E-state index in [0.717, 1.165) is 26.2 Å². The van der Waals surface area contributed by atoms with Gasteiger partial charge in [0, 0.05) is 32.2 Å². The third-order valence-electron chi connectivity index (χ3n) is 3.79. The van der Waals surface area contributed by atoms with Gasteiger partial charge in [-0.05, 0) is 17.9 Å². The van der Waals surface area contributed by atoms with E-state index < -0.39 is 0 Å². The summed E-state index contributed by atoms with van der Waals surface area (Å²) in [7, 11) is 0. The quantitative estimate of drug-likeness (QED) is 0.863. The highest BCUT2D eigenvalue weighted by molar-refractivity contribution is 5.22. The average molecular weight is 246 g/mol. The summed E-state index contributed by atoms with van der Waals surface area (Å²) in [6.45, 7) is 13.6. The van der Waals surface area contributed by atoms with E-state index in [1.807, 2.05) is 0 Å². The van der Waals surface area contributed by atoms with Crippen LogP contribution in [-0.2, 0) is 6.54 Å². The number of aryl methyl sites for hydroxylation is 1. The lowest BCUT2D eigenvalue weighted by Gasteiger charge is -2.40. The molecule has 100 valence electrons. The molecule has 0 radical (unpaired) electrons. The second-order valence-electron chi connectivity index (χ2n) is 6.60. The Morgan fingerprint density at radius 3 is 2.78 bits per heavy atom. The van der Waals surface area contributed by atoms with Crippen molar-refractivity contribution < 1.29 is 0 Å². The molecular weight excluding hydrogens is 220 g/mol. The van der Waals surface area contributed by atoms with Crippen LogP contribution in [0.4, 0.5) is 0 Å². The Morgan fingerprint density at radius 1 is 1.33 bits per heavy atom. The maximum absolute atomic E-state index is 3.64. The van der Waals surface area contributed by atoms with Gasteiger partial charge in [0.15, 0.2) is 0 Å². The number of benzene rings is 1. The molecule has 1 unspecified atom stereocenters. The van der Waals surface area contributed by atoms with Crippen LogP contribution in [0.1, 0.15) is 31.9 Å². The zero-order valence-corrected chi connectivity index (χ0v) is 12.2. The van der Waals surface area contributed by atoms with E-state index in [0.29, 0.717) is 11.5 Å². The summed E-state index contributed by atoms with van der Waals surface area (Å²) in [6.07, 6.45) is 0. The van der Waals surface area contributed by atoms with E-state index in [1.165, 1.54) is 11.1 Å². The van der Waals surface area contributed by atoms with Gasteiger partial charge in [0.2, 0.25) is 0 Å². The minimum absolute atomic E-state index is 0.339. The summed E-state index contributed by atoms with van der Waals surface area (Å²) in [5.41, 5.74) is 3.13. The lowest BCUT2D eigenvalue weighted by molar-refractivity contribution is 0.129. The van der Waals surface area contributed by atoms with E-state index in [9.17, 15) is 0 Å². The Labute approximate surface area is 111 Å². The first-order valence-electron chi connectivity index (χ1n) is 6.96. The van der Waals surface area contributed by atoms with Crippen molar-refractivity contribution in [2.75, 3.05) is 19.6 Å². The highest BCUT2D eigenvalue weighted by Gasteiger charge is 2.28. The van der Waals surface area contributed by atoms with Gasteiger partial charge < -0.3 is 5.32 Å². The molecule has 0 saturated carbocycles. The molecule has 18 heavy (non-hydrogen) atoms. The lowest BCUT2D eigenvalue weighted by Crippen LogP contribution is -2.55. The molecule has 1 fully saturated rings. The third kappa shape index (κ3) is 3.56. The van der Waals surface area contributed by atoms with Crippen LogP contribution in [0.3, 0.4) is 0 Å². The largest absolute Gasteiger partial charge is 0.311 e. The van der Waals surface area contributed by atoms with Crippen molar-refractivity contribution in [2.45, 2.75) is 40.3 Å². The van der Waals surface area contributed by atoms with Gasteiger partial charge >= 0.3 is 0 Å². The Balaban J connectivity index is 1.98. The van der Waals surface area contributed by atoms with Crippen molar-refractivity contribution in [1.29, 1.82) is 0 Å². The second-order valence-corrected chi connectivity index (χ2v) is 6.60. The minimum Gasteiger partial charge on any atom is -0.311 e. The molecule has 1 heterocycles. The van der Waals surface area contributed by atoms with E-state index in [1.54, 1.807) is 0 Å². The maximum atomic E-state index is 3.64. The van der Waals surface area contributed by atoms with Crippen LogP contribution in [0, 0.1) is 12.3 Å². The van der Waals surface area contributed by atoms with Crippen molar-refractivity contribution in [3.05, 3.63) is 35.4 Å². The first-order chi connectivity index (χ1) is 8.45. The van der Waals surface area contributed by atoms with Gasteiger partial charge in [-0.3, -0.25) is 4.90 Å². The number of nitrogens with zero attached hydrogens (tertiary/aromatic N) is 1. The summed E-state index contributed by atoms with van der Waals surface area (Å²) in [4.78, 5) is 2.57. The Morgan fingerprint density at radius 2 is 2.11 bits per heavy atom. The molecule has 2 rings (SSSR count). The fourth-order valence-corrected chi connectivity index (χ4v) is 2.60. The summed E-state index contributed by atoms with van der Waals surface area (Å²) >= 11 is 0. The molecular formula is C16H26N2. The van der Waals surface area contributed by atoms with Gasteiger partial charge in [-0.2, -0.15) is 0 Å². The number of rotatable bonds is 2. The molecule has 1 saturated heterocycles. The topological polar surface area (TPSA) is 15.3 Å². The highest BCUT2D eigenvalue weighted by atomic mass is 15.2. The van der Waals surface area contributed by atoms with E-state index in [-0.39, 0.29) is 0 Å². The number of nitrogens with one attached hydrogen (secondary N) is 1. The van der Waals surface area contributed by atoms with Crippen molar-refractivity contribution in [3.63, 3.8) is 0 Å². The first-order valence-corrected chi connectivity index (χ1v) is 6.96. The van der Waals surface area contributed by atoms with Crippen LogP contribution >= 0.6 is 0 Å². The minimum atomic E-state index is 0.339. The standard InChI is InChI=1S/C16H26N2/c1-13-6-5-7-14(10-13)11-18-9-8-17-15(12-18)16(2,3)4/h5-7,10,15,17H,8-9,11-12H2,1-4H3. The molecule has 1 N–H and O–H groups in total. The van der Waals surface area contributed by atoms with Gasteiger partial charge in [0.1, 0.15) is 0 Å². The predicted molar refractivity (Wildman–Crippen MR) is 77.7 cm³/mol. The summed E-state index contributed by atoms with van der Waals surface area (Å²) < 4.78 is 0. The number of piperazine rings is 1. The van der Waals surface area contributed by atoms with Gasteiger partial charge in [-0.1, -0.05) is 50.6 Å². The molecule has 2 nitrogen and oxygen atoms in total. The zero-order valence-electron chi connectivity index (χ0n) is 12.2. The monoisotopic (exact) mass is 246 g/mol. The number of hydrogen-bond donors (Lipinski definition) is 1. The molecule has 0 amide bonds. The molecule has 0 bridgehead atoms. The van der Waals surface area contributed by atoms with Gasteiger partial charge in [0.05, 0.1) is 0 Å². The summed E-state index contributed by atoms with van der Waals surface area (Å²) in [6, 6.07) is 9.46. The Bertz CT molecular complexity index is 392. The predicted octanol–water partition coefficient (Wildman–Crippen LogP) is 2.81. The van der Waals surface area contributed by atoms with Crippen molar-refractivity contribution in [3.8, 4) is 0 Å². The summed E-state index contributed by atoms with van der Waals surface area (Å²) in [5.74, 6) is 0. The zero-order chi connectivity index (χ0) is 13.2. The van der Waals surface area contributed by atoms with Crippen molar-refractivity contribution in [1.82, 2.24) is 10.2 Å². The van der Waals surface area contributed by atoms with Crippen molar-refractivity contribution in [2.24, 2.45) is 5.41 Å². The normalized spacial score (nSPS) is 22.1. The second kappa shape index (κ2) is 5.41. The van der Waals surface area contributed by atoms with Crippen molar-refractivity contribution >= 4 is 0 Å². The molecule has 0 spiro atoms. The Kier molecular flexibility index (Phi) is 4.08. The number of hydrogen-bond acceptors (Lipinski definition) is 2. The van der Waals surface area contributed by atoms with Crippen LogP contribution in [-0.4, -0.2) is 30.6 Å². The SMILES string of the molecule is Cc1cccc(CN2CCNC(C(C)(C)C)C2)c1. The summed E-state index contributed by atoms with van der Waals surface area (Å²) in [5, 5.41) is 3.64. The fraction of sp³-hybridized carbons (Fsp3) is 0.625. The molecule has 1 aliphatic heterocycles. The van der Waals surface area contributed by atoms with Crippen LogP contribution < -0.4 is 5.32 Å². The molecule has 1 atom stereocenters. The van der Waals surface area contributed by atoms with Gasteiger partial charge in [-0.15, -0.1) is 0 Å². The van der Waals surface area contributed by atoms with E-state index in [4.69, 9.17) is 0 Å². The molecule has 1 aromatic rings. The molecule has 0 aromatic heterocycles. The molecule has 2 heteroatoms. The maximum Gasteiger partial charge on any atom is 0.0244 e. The van der Waals surface area contributed by atoms with Crippen LogP contribution in [0.15, 0.2) is 24.3 Å². The highest BCUT2D eigenvalue weighted by Crippen LogP contribution is 2.22. The van der Waals surface area contributed by atoms with Crippen LogP contribution in [0.5, 0.6) is 0 Å². The third-order valence-corrected chi connectivity index (χ3v) is 3.79. The van der Waals surface area contributed by atoms with E-state index in [2.05, 4.69) is 62.2 Å². The van der Waals surface area contributed by atoms with Crippen LogP contribution in [0.2, 0.25) is 0 Å². The van der Waals surface area contributed by atoms with Gasteiger partial charge in [-0.25, -0.2) is 0 Å². The average Bonchev–Trinajstić information content (AvgIpc) is 2.28. The molecule has 1 aliphatic rings. The Hall–Kier alpha value is -0.860.